The third-order valence-electron chi connectivity index (χ3n) is 5.68. The molecule has 0 unspecified atom stereocenters. The summed E-state index contributed by atoms with van der Waals surface area (Å²) in [5.41, 5.74) is 3.07. The fraction of sp³-hybridized carbons (Fsp3) is 0.529. The Morgan fingerprint density at radius 1 is 1.15 bits per heavy atom. The van der Waals surface area contributed by atoms with Crippen LogP contribution >= 0.6 is 11.6 Å². The van der Waals surface area contributed by atoms with Gasteiger partial charge in [-0.1, -0.05) is 57.5 Å². The third kappa shape index (κ3) is 1.97. The molecule has 2 aromatic rings. The number of aromatic amines is 1. The predicted octanol–water partition coefficient (Wildman–Crippen LogP) is 4.59. The smallest absolute Gasteiger partial charge is 0.0705 e. The Kier molecular flexibility index (Phi) is 3.15. The van der Waals surface area contributed by atoms with Crippen LogP contribution in [0, 0.1) is 16.7 Å². The van der Waals surface area contributed by atoms with Crippen molar-refractivity contribution in [2.24, 2.45) is 16.7 Å². The molecule has 3 rings (SSSR count). The predicted molar refractivity (Wildman–Crippen MR) is 86.1 cm³/mol. The van der Waals surface area contributed by atoms with E-state index in [2.05, 4.69) is 50.1 Å². The Hall–Kier alpha value is -0.990. The van der Waals surface area contributed by atoms with Gasteiger partial charge in [-0.15, -0.1) is 0 Å². The van der Waals surface area contributed by atoms with Crippen LogP contribution in [-0.2, 0) is 6.54 Å². The molecule has 1 aliphatic carbocycles. The largest absolute Gasteiger partial charge is 0.356 e. The highest BCUT2D eigenvalue weighted by atomic mass is 35.5. The van der Waals surface area contributed by atoms with Crippen LogP contribution in [0.5, 0.6) is 0 Å². The molecule has 3 heteroatoms. The van der Waals surface area contributed by atoms with Crippen LogP contribution in [0.4, 0.5) is 0 Å². The Morgan fingerprint density at radius 2 is 1.80 bits per heavy atom. The number of hydrogen-bond donors (Lipinski definition) is 2. The van der Waals surface area contributed by atoms with Crippen LogP contribution in [0.3, 0.4) is 0 Å². The van der Waals surface area contributed by atoms with E-state index in [0.717, 1.165) is 40.6 Å². The third-order valence-corrected chi connectivity index (χ3v) is 6.12. The van der Waals surface area contributed by atoms with Crippen LogP contribution in [-0.4, -0.2) is 11.5 Å². The maximum atomic E-state index is 6.43. The Bertz CT molecular complexity index is 625. The van der Waals surface area contributed by atoms with Crippen LogP contribution < -0.4 is 5.32 Å². The van der Waals surface area contributed by atoms with E-state index < -0.39 is 0 Å². The van der Waals surface area contributed by atoms with Crippen molar-refractivity contribution in [3.63, 3.8) is 0 Å². The van der Waals surface area contributed by atoms with Crippen molar-refractivity contribution in [3.8, 4) is 0 Å². The summed E-state index contributed by atoms with van der Waals surface area (Å²) in [6, 6.07) is 8.18. The normalized spacial score (nSPS) is 20.4. The first kappa shape index (κ1) is 14.0. The molecular weight excluding hydrogens is 268 g/mol. The molecule has 0 bridgehead atoms. The maximum Gasteiger partial charge on any atom is 0.0705 e. The highest BCUT2D eigenvalue weighted by Crippen LogP contribution is 2.67. The number of hydrogen-bond acceptors (Lipinski definition) is 1. The van der Waals surface area contributed by atoms with Crippen molar-refractivity contribution >= 4 is 22.5 Å². The average Bonchev–Trinajstić information content (AvgIpc) is 2.68. The molecule has 0 radical (unpaired) electrons. The van der Waals surface area contributed by atoms with Crippen molar-refractivity contribution in [1.29, 1.82) is 0 Å². The van der Waals surface area contributed by atoms with E-state index in [1.165, 1.54) is 0 Å². The van der Waals surface area contributed by atoms with Crippen molar-refractivity contribution < 1.29 is 0 Å². The Labute approximate surface area is 125 Å². The monoisotopic (exact) mass is 290 g/mol. The van der Waals surface area contributed by atoms with E-state index in [0.29, 0.717) is 10.8 Å². The molecule has 1 aromatic heterocycles. The van der Waals surface area contributed by atoms with Gasteiger partial charge in [0.25, 0.3) is 0 Å². The van der Waals surface area contributed by atoms with E-state index in [1.807, 2.05) is 12.1 Å². The molecule has 0 saturated heterocycles. The minimum atomic E-state index is 0.435. The van der Waals surface area contributed by atoms with Gasteiger partial charge in [0.1, 0.15) is 0 Å². The number of nitrogens with one attached hydrogen (secondary N) is 2. The lowest BCUT2D eigenvalue weighted by atomic mass is 10.0. The van der Waals surface area contributed by atoms with E-state index >= 15 is 0 Å². The molecule has 1 heterocycles. The van der Waals surface area contributed by atoms with E-state index in [4.69, 9.17) is 11.6 Å². The molecule has 0 amide bonds. The van der Waals surface area contributed by atoms with Gasteiger partial charge in [-0.25, -0.2) is 0 Å². The summed E-state index contributed by atoms with van der Waals surface area (Å²) in [4.78, 5) is 3.41. The zero-order chi connectivity index (χ0) is 14.5. The fourth-order valence-corrected chi connectivity index (χ4v) is 3.75. The van der Waals surface area contributed by atoms with Crippen molar-refractivity contribution in [3.05, 3.63) is 35.0 Å². The lowest BCUT2D eigenvalue weighted by molar-refractivity contribution is 0.457. The molecule has 1 fully saturated rings. The zero-order valence-electron chi connectivity index (χ0n) is 12.7. The summed E-state index contributed by atoms with van der Waals surface area (Å²) in [5.74, 6) is 0.734. The SMILES string of the molecule is CC1(C)C(CNCc2[nH]c3ccccc3c2Cl)C1(C)C. The number of H-pyrrole nitrogens is 1. The first-order valence-electron chi connectivity index (χ1n) is 7.31. The standard InChI is InChI=1S/C17H23ClN2/c1-16(2)14(17(16,3)4)10-19-9-13-15(18)11-7-5-6-8-12(11)20-13/h5-8,14,19-20H,9-10H2,1-4H3. The van der Waals surface area contributed by atoms with Crippen LogP contribution in [0.15, 0.2) is 24.3 Å². The summed E-state index contributed by atoms with van der Waals surface area (Å²) in [6.07, 6.45) is 0. The van der Waals surface area contributed by atoms with E-state index in [-0.39, 0.29) is 0 Å². The van der Waals surface area contributed by atoms with Gasteiger partial charge in [0.05, 0.1) is 5.02 Å². The van der Waals surface area contributed by atoms with Gasteiger partial charge in [0, 0.05) is 23.1 Å². The second-order valence-corrected chi connectivity index (χ2v) is 7.47. The zero-order valence-corrected chi connectivity index (χ0v) is 13.4. The second kappa shape index (κ2) is 4.51. The molecule has 108 valence electrons. The molecule has 1 aliphatic rings. The van der Waals surface area contributed by atoms with Crippen molar-refractivity contribution in [1.82, 2.24) is 10.3 Å². The number of aromatic nitrogens is 1. The van der Waals surface area contributed by atoms with Crippen LogP contribution in [0.1, 0.15) is 33.4 Å². The molecule has 2 N–H and O–H groups in total. The summed E-state index contributed by atoms with van der Waals surface area (Å²) in [6.45, 7) is 11.3. The number of halogens is 1. The molecule has 2 nitrogen and oxygen atoms in total. The van der Waals surface area contributed by atoms with Crippen LogP contribution in [0.2, 0.25) is 5.02 Å². The Morgan fingerprint density at radius 3 is 2.40 bits per heavy atom. The first-order valence-corrected chi connectivity index (χ1v) is 7.69. The minimum absolute atomic E-state index is 0.435. The lowest BCUT2D eigenvalue weighted by Gasteiger charge is -2.05. The van der Waals surface area contributed by atoms with Crippen molar-refractivity contribution in [2.75, 3.05) is 6.54 Å². The van der Waals surface area contributed by atoms with Gasteiger partial charge >= 0.3 is 0 Å². The van der Waals surface area contributed by atoms with Gasteiger partial charge in [0.2, 0.25) is 0 Å². The first-order chi connectivity index (χ1) is 9.35. The van der Waals surface area contributed by atoms with Gasteiger partial charge in [-0.05, 0) is 29.4 Å². The van der Waals surface area contributed by atoms with Crippen LogP contribution in [0.25, 0.3) is 10.9 Å². The second-order valence-electron chi connectivity index (χ2n) is 7.09. The molecule has 0 aliphatic heterocycles. The van der Waals surface area contributed by atoms with Crippen molar-refractivity contribution in [2.45, 2.75) is 34.2 Å². The van der Waals surface area contributed by atoms with E-state index in [9.17, 15) is 0 Å². The minimum Gasteiger partial charge on any atom is -0.356 e. The lowest BCUT2D eigenvalue weighted by Crippen LogP contribution is -2.19. The Balaban J connectivity index is 1.65. The number of benzene rings is 1. The highest BCUT2D eigenvalue weighted by Gasteiger charge is 2.63. The molecule has 20 heavy (non-hydrogen) atoms. The topological polar surface area (TPSA) is 27.8 Å². The molecular formula is C17H23ClN2. The number of rotatable bonds is 4. The number of fused-ring (bicyclic) bond motifs is 1. The summed E-state index contributed by atoms with van der Waals surface area (Å²) in [7, 11) is 0. The quantitative estimate of drug-likeness (QED) is 0.846. The summed E-state index contributed by atoms with van der Waals surface area (Å²) >= 11 is 6.43. The number of para-hydroxylation sites is 1. The molecule has 0 spiro atoms. The summed E-state index contributed by atoms with van der Waals surface area (Å²) < 4.78 is 0. The molecule has 0 atom stereocenters. The molecule has 1 saturated carbocycles. The average molecular weight is 291 g/mol. The van der Waals surface area contributed by atoms with E-state index in [1.54, 1.807) is 0 Å². The van der Waals surface area contributed by atoms with Gasteiger partial charge in [-0.2, -0.15) is 0 Å². The van der Waals surface area contributed by atoms with Gasteiger partial charge in [0.15, 0.2) is 0 Å². The van der Waals surface area contributed by atoms with Gasteiger partial charge < -0.3 is 10.3 Å². The summed E-state index contributed by atoms with van der Waals surface area (Å²) in [5, 5.41) is 5.52. The maximum absolute atomic E-state index is 6.43. The fourth-order valence-electron chi connectivity index (χ4n) is 3.47. The van der Waals surface area contributed by atoms with Gasteiger partial charge in [-0.3, -0.25) is 0 Å². The highest BCUT2D eigenvalue weighted by molar-refractivity contribution is 6.36. The molecule has 1 aromatic carbocycles.